The van der Waals surface area contributed by atoms with Gasteiger partial charge in [-0.2, -0.15) is 5.26 Å². The Kier molecular flexibility index (Phi) is 5.78. The number of hydrogen-bond acceptors (Lipinski definition) is 4. The minimum Gasteiger partial charge on any atom is -0.396 e. The summed E-state index contributed by atoms with van der Waals surface area (Å²) in [5.74, 6) is 0. The van der Waals surface area contributed by atoms with Gasteiger partial charge in [-0.3, -0.25) is 0 Å². The number of nitrogens with one attached hydrogen (secondary N) is 1. The summed E-state index contributed by atoms with van der Waals surface area (Å²) in [5.41, 5.74) is 0.318. The van der Waals surface area contributed by atoms with Crippen LogP contribution in [0, 0.1) is 11.3 Å². The van der Waals surface area contributed by atoms with Crippen LogP contribution in [-0.2, 0) is 10.0 Å². The van der Waals surface area contributed by atoms with Crippen molar-refractivity contribution in [2.75, 3.05) is 13.2 Å². The predicted molar refractivity (Wildman–Crippen MR) is 67.3 cm³/mol. The van der Waals surface area contributed by atoms with E-state index in [4.69, 9.17) is 10.4 Å². The molecule has 18 heavy (non-hydrogen) atoms. The van der Waals surface area contributed by atoms with Crippen LogP contribution < -0.4 is 4.72 Å². The predicted octanol–water partition coefficient (Wildman–Crippen LogP) is 0.999. The summed E-state index contributed by atoms with van der Waals surface area (Å²) in [5, 5.41) is 17.3. The normalized spacial score (nSPS) is 11.1. The first-order chi connectivity index (χ1) is 8.60. The molecule has 0 amide bonds. The van der Waals surface area contributed by atoms with Crippen molar-refractivity contribution in [1.82, 2.24) is 4.72 Å². The maximum absolute atomic E-state index is 11.9. The Morgan fingerprint density at radius 3 is 2.72 bits per heavy atom. The Morgan fingerprint density at radius 2 is 2.06 bits per heavy atom. The second kappa shape index (κ2) is 7.11. The van der Waals surface area contributed by atoms with E-state index in [1.54, 1.807) is 12.1 Å². The first-order valence-electron chi connectivity index (χ1n) is 5.71. The van der Waals surface area contributed by atoms with Crippen molar-refractivity contribution in [2.45, 2.75) is 24.2 Å². The van der Waals surface area contributed by atoms with Crippen LogP contribution >= 0.6 is 0 Å². The van der Waals surface area contributed by atoms with Gasteiger partial charge in [-0.1, -0.05) is 6.07 Å². The summed E-state index contributed by atoms with van der Waals surface area (Å²) in [4.78, 5) is 0.101. The molecule has 98 valence electrons. The fourth-order valence-corrected chi connectivity index (χ4v) is 2.56. The second-order valence-electron chi connectivity index (χ2n) is 3.82. The van der Waals surface area contributed by atoms with E-state index in [1.807, 2.05) is 6.07 Å². The molecule has 0 saturated heterocycles. The Labute approximate surface area is 107 Å². The van der Waals surface area contributed by atoms with Gasteiger partial charge < -0.3 is 5.11 Å². The van der Waals surface area contributed by atoms with Crippen LogP contribution in [0.3, 0.4) is 0 Å². The zero-order valence-electron chi connectivity index (χ0n) is 9.96. The standard InChI is InChI=1S/C12H16N2O3S/c13-10-11-5-4-6-12(9-11)18(16,17)14-7-2-1-3-8-15/h4-6,9,14-15H,1-3,7-8H2. The molecule has 1 aromatic rings. The van der Waals surface area contributed by atoms with E-state index in [9.17, 15) is 8.42 Å². The highest BCUT2D eigenvalue weighted by atomic mass is 32.2. The van der Waals surface area contributed by atoms with E-state index < -0.39 is 10.0 Å². The van der Waals surface area contributed by atoms with Gasteiger partial charge in [-0.05, 0) is 37.5 Å². The number of rotatable bonds is 7. The first kappa shape index (κ1) is 14.6. The van der Waals surface area contributed by atoms with Crippen molar-refractivity contribution in [2.24, 2.45) is 0 Å². The molecule has 0 fully saturated rings. The molecule has 1 rings (SSSR count). The summed E-state index contributed by atoms with van der Waals surface area (Å²) >= 11 is 0. The molecule has 0 aliphatic heterocycles. The molecule has 0 heterocycles. The molecular weight excluding hydrogens is 252 g/mol. The summed E-state index contributed by atoms with van der Waals surface area (Å²) in [6.45, 7) is 0.454. The molecule has 5 nitrogen and oxygen atoms in total. The monoisotopic (exact) mass is 268 g/mol. The number of nitrogens with zero attached hydrogens (tertiary/aromatic N) is 1. The molecule has 1 aromatic carbocycles. The van der Waals surface area contributed by atoms with Crippen LogP contribution in [0.15, 0.2) is 29.2 Å². The molecule has 0 aliphatic rings. The van der Waals surface area contributed by atoms with Crippen molar-refractivity contribution in [1.29, 1.82) is 5.26 Å². The van der Waals surface area contributed by atoms with Crippen LogP contribution in [0.4, 0.5) is 0 Å². The van der Waals surface area contributed by atoms with Gasteiger partial charge in [0.2, 0.25) is 10.0 Å². The quantitative estimate of drug-likeness (QED) is 0.722. The third-order valence-corrected chi connectivity index (χ3v) is 3.86. The number of unbranched alkanes of at least 4 members (excludes halogenated alkanes) is 2. The number of hydrogen-bond donors (Lipinski definition) is 2. The minimum atomic E-state index is -3.54. The van der Waals surface area contributed by atoms with E-state index in [-0.39, 0.29) is 11.5 Å². The van der Waals surface area contributed by atoms with Gasteiger partial charge in [0.1, 0.15) is 0 Å². The van der Waals surface area contributed by atoms with E-state index in [0.29, 0.717) is 24.9 Å². The summed E-state index contributed by atoms with van der Waals surface area (Å²) in [6.07, 6.45) is 2.13. The van der Waals surface area contributed by atoms with E-state index >= 15 is 0 Å². The van der Waals surface area contributed by atoms with Crippen molar-refractivity contribution >= 4 is 10.0 Å². The maximum atomic E-state index is 11.9. The van der Waals surface area contributed by atoms with Gasteiger partial charge in [0.25, 0.3) is 0 Å². The number of nitriles is 1. The van der Waals surface area contributed by atoms with Crippen molar-refractivity contribution in [3.05, 3.63) is 29.8 Å². The van der Waals surface area contributed by atoms with Crippen LogP contribution in [0.25, 0.3) is 0 Å². The van der Waals surface area contributed by atoms with Gasteiger partial charge in [-0.25, -0.2) is 13.1 Å². The number of sulfonamides is 1. The smallest absolute Gasteiger partial charge is 0.240 e. The molecule has 0 aliphatic carbocycles. The minimum absolute atomic E-state index is 0.101. The number of aliphatic hydroxyl groups excluding tert-OH is 1. The van der Waals surface area contributed by atoms with Crippen molar-refractivity contribution in [3.63, 3.8) is 0 Å². The largest absolute Gasteiger partial charge is 0.396 e. The molecule has 0 atom stereocenters. The fourth-order valence-electron chi connectivity index (χ4n) is 1.44. The molecular formula is C12H16N2O3S. The van der Waals surface area contributed by atoms with Crippen LogP contribution in [0.2, 0.25) is 0 Å². The Balaban J connectivity index is 2.60. The van der Waals surface area contributed by atoms with Gasteiger partial charge in [0.15, 0.2) is 0 Å². The molecule has 0 bridgehead atoms. The lowest BCUT2D eigenvalue weighted by molar-refractivity contribution is 0.283. The fraction of sp³-hybridized carbons (Fsp3) is 0.417. The third-order valence-electron chi connectivity index (χ3n) is 2.40. The van der Waals surface area contributed by atoms with Gasteiger partial charge in [-0.15, -0.1) is 0 Å². The Bertz CT molecular complexity index is 520. The zero-order chi connectivity index (χ0) is 13.4. The van der Waals surface area contributed by atoms with Crippen molar-refractivity contribution in [3.8, 4) is 6.07 Å². The lowest BCUT2D eigenvalue weighted by Gasteiger charge is -2.06. The topological polar surface area (TPSA) is 90.2 Å². The molecule has 0 spiro atoms. The Hall–Kier alpha value is -1.42. The molecule has 0 unspecified atom stereocenters. The molecule has 2 N–H and O–H groups in total. The highest BCUT2D eigenvalue weighted by Gasteiger charge is 2.13. The molecule has 6 heteroatoms. The van der Waals surface area contributed by atoms with Crippen LogP contribution in [0.1, 0.15) is 24.8 Å². The zero-order valence-corrected chi connectivity index (χ0v) is 10.8. The lowest BCUT2D eigenvalue weighted by Crippen LogP contribution is -2.24. The number of benzene rings is 1. The second-order valence-corrected chi connectivity index (χ2v) is 5.59. The maximum Gasteiger partial charge on any atom is 0.240 e. The average molecular weight is 268 g/mol. The van der Waals surface area contributed by atoms with Gasteiger partial charge in [0.05, 0.1) is 16.5 Å². The summed E-state index contributed by atoms with van der Waals surface area (Å²) < 4.78 is 26.2. The molecule has 0 saturated carbocycles. The van der Waals surface area contributed by atoms with Crippen LogP contribution in [-0.4, -0.2) is 26.7 Å². The third kappa shape index (κ3) is 4.45. The Morgan fingerprint density at radius 1 is 1.28 bits per heavy atom. The van der Waals surface area contributed by atoms with E-state index in [2.05, 4.69) is 4.72 Å². The molecule has 0 aromatic heterocycles. The molecule has 0 radical (unpaired) electrons. The number of aliphatic hydroxyl groups is 1. The summed E-state index contributed by atoms with van der Waals surface area (Å²) in [7, 11) is -3.54. The van der Waals surface area contributed by atoms with Gasteiger partial charge in [0, 0.05) is 13.2 Å². The SMILES string of the molecule is N#Cc1cccc(S(=O)(=O)NCCCCCO)c1. The van der Waals surface area contributed by atoms with Crippen LogP contribution in [0.5, 0.6) is 0 Å². The van der Waals surface area contributed by atoms with E-state index in [1.165, 1.54) is 12.1 Å². The highest BCUT2D eigenvalue weighted by molar-refractivity contribution is 7.89. The first-order valence-corrected chi connectivity index (χ1v) is 7.19. The summed E-state index contributed by atoms with van der Waals surface area (Å²) in [6, 6.07) is 7.80. The van der Waals surface area contributed by atoms with Gasteiger partial charge >= 0.3 is 0 Å². The highest BCUT2D eigenvalue weighted by Crippen LogP contribution is 2.10. The van der Waals surface area contributed by atoms with Crippen molar-refractivity contribution < 1.29 is 13.5 Å². The lowest BCUT2D eigenvalue weighted by atomic mass is 10.2. The average Bonchev–Trinajstić information content (AvgIpc) is 2.38. The van der Waals surface area contributed by atoms with E-state index in [0.717, 1.165) is 6.42 Å².